The van der Waals surface area contributed by atoms with Crippen molar-refractivity contribution >= 4 is 27.3 Å². The Labute approximate surface area is 120 Å². The number of rotatable bonds is 3. The molecule has 108 valence electrons. The first-order valence-electron chi connectivity index (χ1n) is 5.72. The van der Waals surface area contributed by atoms with Crippen LogP contribution < -0.4 is 4.72 Å². The normalized spacial score (nSPS) is 11.6. The molecule has 1 N–H and O–H groups in total. The number of aromatic nitrogens is 3. The first-order chi connectivity index (χ1) is 9.22. The minimum Gasteiger partial charge on any atom is -0.272 e. The van der Waals surface area contributed by atoms with E-state index in [0.29, 0.717) is 15.6 Å². The van der Waals surface area contributed by atoms with Gasteiger partial charge in [-0.1, -0.05) is 0 Å². The van der Waals surface area contributed by atoms with Gasteiger partial charge in [0.25, 0.3) is 15.9 Å². The maximum atomic E-state index is 12.2. The molecule has 2 aromatic heterocycles. The van der Waals surface area contributed by atoms with Crippen molar-refractivity contribution in [3.63, 3.8) is 0 Å². The van der Waals surface area contributed by atoms with E-state index in [2.05, 4.69) is 10.1 Å². The lowest BCUT2D eigenvalue weighted by molar-refractivity contribution is 0.0976. The smallest absolute Gasteiger partial charge is 0.272 e. The third kappa shape index (κ3) is 2.59. The molecule has 0 unspecified atom stereocenters. The standard InChI is InChI=1S/C11H14N4O3S2/c1-6-9(5-12-15(6)4)20(17,18)14-11(16)10-7(2)19-8(3)13-10/h5H,1-4H3,(H,14,16). The Morgan fingerprint density at radius 3 is 2.45 bits per heavy atom. The zero-order valence-corrected chi connectivity index (χ0v) is 13.1. The lowest BCUT2D eigenvalue weighted by Crippen LogP contribution is -2.31. The number of nitrogens with one attached hydrogen (secondary N) is 1. The third-order valence-corrected chi connectivity index (χ3v) is 5.15. The average molecular weight is 314 g/mol. The fourth-order valence-electron chi connectivity index (χ4n) is 1.71. The molecular formula is C11H14N4O3S2. The summed E-state index contributed by atoms with van der Waals surface area (Å²) in [5, 5.41) is 4.57. The zero-order chi connectivity index (χ0) is 15.1. The van der Waals surface area contributed by atoms with Gasteiger partial charge in [-0.3, -0.25) is 9.48 Å². The second-order valence-electron chi connectivity index (χ2n) is 4.29. The van der Waals surface area contributed by atoms with Crippen LogP contribution in [0.4, 0.5) is 0 Å². The van der Waals surface area contributed by atoms with Crippen molar-refractivity contribution in [1.82, 2.24) is 19.5 Å². The van der Waals surface area contributed by atoms with E-state index in [9.17, 15) is 13.2 Å². The van der Waals surface area contributed by atoms with Gasteiger partial charge in [-0.15, -0.1) is 11.3 Å². The highest BCUT2D eigenvalue weighted by atomic mass is 32.2. The van der Waals surface area contributed by atoms with Crippen molar-refractivity contribution in [1.29, 1.82) is 0 Å². The predicted octanol–water partition coefficient (Wildman–Crippen LogP) is 0.921. The fraction of sp³-hybridized carbons (Fsp3) is 0.364. The van der Waals surface area contributed by atoms with Gasteiger partial charge in [0.15, 0.2) is 0 Å². The van der Waals surface area contributed by atoms with Gasteiger partial charge in [-0.2, -0.15) is 5.10 Å². The Bertz CT molecular complexity index is 774. The van der Waals surface area contributed by atoms with Crippen LogP contribution in [-0.2, 0) is 17.1 Å². The van der Waals surface area contributed by atoms with Crippen LogP contribution in [0.3, 0.4) is 0 Å². The SMILES string of the molecule is Cc1nc(C(=O)NS(=O)(=O)c2cnn(C)c2C)c(C)s1. The molecule has 0 atom stereocenters. The van der Waals surface area contributed by atoms with Gasteiger partial charge < -0.3 is 0 Å². The molecule has 0 radical (unpaired) electrons. The summed E-state index contributed by atoms with van der Waals surface area (Å²) < 4.78 is 27.8. The summed E-state index contributed by atoms with van der Waals surface area (Å²) in [7, 11) is -2.31. The molecule has 7 nitrogen and oxygen atoms in total. The molecule has 0 saturated carbocycles. The summed E-state index contributed by atoms with van der Waals surface area (Å²) in [5.74, 6) is -0.727. The minimum absolute atomic E-state index is 0.0158. The molecule has 0 fully saturated rings. The molecule has 2 rings (SSSR count). The van der Waals surface area contributed by atoms with Gasteiger partial charge in [0.1, 0.15) is 10.6 Å². The summed E-state index contributed by atoms with van der Waals surface area (Å²) in [5.41, 5.74) is 0.592. The maximum absolute atomic E-state index is 12.2. The summed E-state index contributed by atoms with van der Waals surface area (Å²) in [6.45, 7) is 5.10. The van der Waals surface area contributed by atoms with Crippen molar-refractivity contribution in [2.24, 2.45) is 7.05 Å². The van der Waals surface area contributed by atoms with Crippen LogP contribution in [-0.4, -0.2) is 29.1 Å². The number of hydrogen-bond acceptors (Lipinski definition) is 6. The van der Waals surface area contributed by atoms with Crippen LogP contribution in [0.5, 0.6) is 0 Å². The number of carbonyl (C=O) groups excluding carboxylic acids is 1. The van der Waals surface area contributed by atoms with E-state index >= 15 is 0 Å². The summed E-state index contributed by atoms with van der Waals surface area (Å²) in [6, 6.07) is 0. The van der Waals surface area contributed by atoms with Gasteiger partial charge in [-0.05, 0) is 20.8 Å². The van der Waals surface area contributed by atoms with Crippen molar-refractivity contribution < 1.29 is 13.2 Å². The van der Waals surface area contributed by atoms with E-state index in [1.807, 2.05) is 4.72 Å². The van der Waals surface area contributed by atoms with Gasteiger partial charge in [0.05, 0.1) is 16.9 Å². The van der Waals surface area contributed by atoms with Gasteiger partial charge in [-0.25, -0.2) is 18.1 Å². The second kappa shape index (κ2) is 4.98. The summed E-state index contributed by atoms with van der Waals surface area (Å²) in [4.78, 5) is 16.7. The number of hydrogen-bond donors (Lipinski definition) is 1. The molecule has 0 aliphatic carbocycles. The van der Waals surface area contributed by atoms with Crippen molar-refractivity contribution in [2.75, 3.05) is 0 Å². The zero-order valence-electron chi connectivity index (χ0n) is 11.5. The molecule has 0 bridgehead atoms. The van der Waals surface area contributed by atoms with Crippen LogP contribution in [0, 0.1) is 20.8 Å². The maximum Gasteiger partial charge on any atom is 0.284 e. The van der Waals surface area contributed by atoms with E-state index in [-0.39, 0.29) is 10.6 Å². The monoisotopic (exact) mass is 314 g/mol. The minimum atomic E-state index is -3.94. The van der Waals surface area contributed by atoms with E-state index < -0.39 is 15.9 Å². The van der Waals surface area contributed by atoms with Gasteiger partial charge in [0, 0.05) is 11.9 Å². The van der Waals surface area contributed by atoms with Crippen molar-refractivity contribution in [2.45, 2.75) is 25.7 Å². The van der Waals surface area contributed by atoms with Crippen LogP contribution in [0.15, 0.2) is 11.1 Å². The lowest BCUT2D eigenvalue weighted by atomic mass is 10.4. The topological polar surface area (TPSA) is 93.9 Å². The number of carbonyl (C=O) groups is 1. The Morgan fingerprint density at radius 1 is 1.35 bits per heavy atom. The first kappa shape index (κ1) is 14.7. The molecule has 2 aromatic rings. The highest BCUT2D eigenvalue weighted by molar-refractivity contribution is 7.90. The number of nitrogens with zero attached hydrogens (tertiary/aromatic N) is 3. The van der Waals surface area contributed by atoms with E-state index in [4.69, 9.17) is 0 Å². The molecule has 9 heteroatoms. The third-order valence-electron chi connectivity index (χ3n) is 2.83. The first-order valence-corrected chi connectivity index (χ1v) is 8.02. The Kier molecular flexibility index (Phi) is 3.65. The van der Waals surface area contributed by atoms with Crippen LogP contribution >= 0.6 is 11.3 Å². The van der Waals surface area contributed by atoms with Crippen LogP contribution in [0.2, 0.25) is 0 Å². The number of amides is 1. The molecule has 0 aromatic carbocycles. The predicted molar refractivity (Wildman–Crippen MR) is 74.2 cm³/mol. The molecule has 0 aliphatic rings. The van der Waals surface area contributed by atoms with E-state index in [1.165, 1.54) is 22.2 Å². The molecule has 0 spiro atoms. The van der Waals surface area contributed by atoms with Gasteiger partial charge in [0.2, 0.25) is 0 Å². The largest absolute Gasteiger partial charge is 0.284 e. The molecule has 1 amide bonds. The second-order valence-corrected chi connectivity index (χ2v) is 7.35. The number of aryl methyl sites for hydroxylation is 3. The Hall–Kier alpha value is -1.74. The number of thiazole rings is 1. The molecule has 0 aliphatic heterocycles. The summed E-state index contributed by atoms with van der Waals surface area (Å²) >= 11 is 1.34. The Morgan fingerprint density at radius 2 is 2.00 bits per heavy atom. The molecule has 2 heterocycles. The lowest BCUT2D eigenvalue weighted by Gasteiger charge is -2.05. The number of sulfonamides is 1. The van der Waals surface area contributed by atoms with Crippen molar-refractivity contribution in [3.05, 3.63) is 27.5 Å². The van der Waals surface area contributed by atoms with Gasteiger partial charge >= 0.3 is 0 Å². The van der Waals surface area contributed by atoms with E-state index in [1.54, 1.807) is 27.8 Å². The van der Waals surface area contributed by atoms with E-state index in [0.717, 1.165) is 0 Å². The summed E-state index contributed by atoms with van der Waals surface area (Å²) in [6.07, 6.45) is 1.21. The van der Waals surface area contributed by atoms with Crippen LogP contribution in [0.25, 0.3) is 0 Å². The quantitative estimate of drug-likeness (QED) is 0.909. The molecule has 20 heavy (non-hydrogen) atoms. The fourth-order valence-corrected chi connectivity index (χ4v) is 3.68. The molecule has 0 saturated heterocycles. The average Bonchev–Trinajstić information content (AvgIpc) is 2.83. The molecular weight excluding hydrogens is 300 g/mol. The highest BCUT2D eigenvalue weighted by Gasteiger charge is 2.25. The van der Waals surface area contributed by atoms with Crippen molar-refractivity contribution in [3.8, 4) is 0 Å². The highest BCUT2D eigenvalue weighted by Crippen LogP contribution is 2.18. The van der Waals surface area contributed by atoms with Crippen LogP contribution in [0.1, 0.15) is 26.1 Å². The Balaban J connectivity index is 2.32.